The van der Waals surface area contributed by atoms with Crippen molar-refractivity contribution in [2.24, 2.45) is 0 Å². The van der Waals surface area contributed by atoms with E-state index in [1.54, 1.807) is 24.8 Å². The molecule has 0 saturated heterocycles. The third-order valence-electron chi connectivity index (χ3n) is 4.51. The summed E-state index contributed by atoms with van der Waals surface area (Å²) in [6.45, 7) is 3.99. The van der Waals surface area contributed by atoms with Gasteiger partial charge in [0.15, 0.2) is 0 Å². The van der Waals surface area contributed by atoms with E-state index >= 15 is 0 Å². The van der Waals surface area contributed by atoms with Crippen molar-refractivity contribution in [3.8, 4) is 0 Å². The molecule has 3 aromatic rings. The molecular weight excluding hydrogens is 385 g/mol. The maximum atomic E-state index is 13.8. The summed E-state index contributed by atoms with van der Waals surface area (Å²) in [7, 11) is 0. The molecule has 0 aliphatic carbocycles. The van der Waals surface area contributed by atoms with E-state index in [4.69, 9.17) is 4.74 Å². The smallest absolute Gasteiger partial charge is 0.348 e. The second-order valence-electron chi connectivity index (χ2n) is 6.20. The van der Waals surface area contributed by atoms with E-state index in [0.29, 0.717) is 17.3 Å². The van der Waals surface area contributed by atoms with Crippen molar-refractivity contribution in [3.05, 3.63) is 46.3 Å². The fourth-order valence-electron chi connectivity index (χ4n) is 3.25. The molecule has 27 heavy (non-hydrogen) atoms. The summed E-state index contributed by atoms with van der Waals surface area (Å²) in [4.78, 5) is 23.3. The van der Waals surface area contributed by atoms with Crippen molar-refractivity contribution < 1.29 is 13.9 Å². The van der Waals surface area contributed by atoms with Crippen LogP contribution in [0, 0.1) is 12.7 Å². The quantitative estimate of drug-likeness (QED) is 0.621. The highest BCUT2D eigenvalue weighted by Gasteiger charge is 2.25. The maximum Gasteiger partial charge on any atom is 0.348 e. The average molecular weight is 404 g/mol. The average Bonchev–Trinajstić information content (AvgIpc) is 3.00. The lowest BCUT2D eigenvalue weighted by Crippen LogP contribution is -2.17. The predicted octanol–water partition coefficient (Wildman–Crippen LogP) is 4.96. The van der Waals surface area contributed by atoms with Crippen LogP contribution in [0.5, 0.6) is 0 Å². The number of hydrogen-bond acceptors (Lipinski definition) is 7. The fourth-order valence-corrected chi connectivity index (χ4v) is 5.40. The van der Waals surface area contributed by atoms with Gasteiger partial charge in [-0.1, -0.05) is 0 Å². The van der Waals surface area contributed by atoms with Crippen molar-refractivity contribution in [1.29, 1.82) is 0 Å². The molecule has 3 heterocycles. The first kappa shape index (κ1) is 18.2. The molecule has 1 N–H and O–H groups in total. The highest BCUT2D eigenvalue weighted by atomic mass is 32.2. The number of ether oxygens (including phenoxy) is 1. The summed E-state index contributed by atoms with van der Waals surface area (Å²) in [5.41, 5.74) is 1.75. The molecule has 0 saturated carbocycles. The number of nitrogens with zero attached hydrogens (tertiary/aromatic N) is 2. The summed E-state index contributed by atoms with van der Waals surface area (Å²) in [5, 5.41) is 4.28. The molecule has 1 aromatic carbocycles. The first-order valence-corrected chi connectivity index (χ1v) is 10.5. The van der Waals surface area contributed by atoms with Crippen LogP contribution < -0.4 is 5.32 Å². The highest BCUT2D eigenvalue weighted by molar-refractivity contribution is 7.99. The van der Waals surface area contributed by atoms with Gasteiger partial charge in [0.2, 0.25) is 0 Å². The van der Waals surface area contributed by atoms with E-state index in [9.17, 15) is 9.18 Å². The number of carbonyl (C=O) groups is 1. The molecule has 0 fully saturated rings. The molecule has 8 heteroatoms. The topological polar surface area (TPSA) is 64.1 Å². The van der Waals surface area contributed by atoms with Crippen LogP contribution in [0.25, 0.3) is 10.2 Å². The Morgan fingerprint density at radius 3 is 3.07 bits per heavy atom. The lowest BCUT2D eigenvalue weighted by Gasteiger charge is -2.26. The number of fused-ring (bicyclic) bond motifs is 2. The number of halogens is 1. The van der Waals surface area contributed by atoms with Crippen molar-refractivity contribution in [2.75, 3.05) is 17.7 Å². The number of thiophene rings is 1. The van der Waals surface area contributed by atoms with E-state index in [1.807, 2.05) is 13.0 Å². The van der Waals surface area contributed by atoms with Gasteiger partial charge in [-0.25, -0.2) is 19.2 Å². The maximum absolute atomic E-state index is 13.8. The Morgan fingerprint density at radius 1 is 1.41 bits per heavy atom. The normalized spacial score (nSPS) is 16.2. The Morgan fingerprint density at radius 2 is 2.26 bits per heavy atom. The molecule has 2 aromatic heterocycles. The second kappa shape index (κ2) is 7.44. The van der Waals surface area contributed by atoms with Crippen molar-refractivity contribution >= 4 is 45.1 Å². The number of rotatable bonds is 4. The van der Waals surface area contributed by atoms with E-state index < -0.39 is 0 Å². The molecule has 0 bridgehead atoms. The highest BCUT2D eigenvalue weighted by Crippen LogP contribution is 2.40. The SMILES string of the molecule is CCOC(=O)c1sc2ncnc(NC3CCSc4ccc(F)cc43)c2c1C. The minimum Gasteiger partial charge on any atom is -0.462 e. The number of nitrogens with one attached hydrogen (secondary N) is 1. The van der Waals surface area contributed by atoms with Gasteiger partial charge in [0.05, 0.1) is 18.0 Å². The number of thioether (sulfide) groups is 1. The number of anilines is 1. The van der Waals surface area contributed by atoms with E-state index in [1.165, 1.54) is 23.7 Å². The van der Waals surface area contributed by atoms with Gasteiger partial charge in [-0.2, -0.15) is 0 Å². The van der Waals surface area contributed by atoms with Crippen molar-refractivity contribution in [2.45, 2.75) is 31.2 Å². The van der Waals surface area contributed by atoms with Gasteiger partial charge in [-0.3, -0.25) is 0 Å². The Balaban J connectivity index is 1.74. The number of aromatic nitrogens is 2. The van der Waals surface area contributed by atoms with Crippen LogP contribution in [0.2, 0.25) is 0 Å². The largest absolute Gasteiger partial charge is 0.462 e. The third-order valence-corrected chi connectivity index (χ3v) is 6.81. The van der Waals surface area contributed by atoms with Gasteiger partial charge >= 0.3 is 5.97 Å². The Bertz CT molecular complexity index is 1020. The van der Waals surface area contributed by atoms with E-state index in [0.717, 1.165) is 38.4 Å². The van der Waals surface area contributed by atoms with Crippen LogP contribution in [0.1, 0.15) is 40.2 Å². The third kappa shape index (κ3) is 3.39. The van der Waals surface area contributed by atoms with Crippen LogP contribution in [0.4, 0.5) is 10.2 Å². The zero-order valence-electron chi connectivity index (χ0n) is 14.9. The minimum absolute atomic E-state index is 0.0413. The number of benzene rings is 1. The van der Waals surface area contributed by atoms with Gasteiger partial charge in [0.1, 0.15) is 27.7 Å². The summed E-state index contributed by atoms with van der Waals surface area (Å²) in [5.74, 6) is 1.02. The van der Waals surface area contributed by atoms with Gasteiger partial charge in [-0.05, 0) is 49.6 Å². The summed E-state index contributed by atoms with van der Waals surface area (Å²) < 4.78 is 18.9. The summed E-state index contributed by atoms with van der Waals surface area (Å²) in [6.07, 6.45) is 2.35. The predicted molar refractivity (Wildman–Crippen MR) is 106 cm³/mol. The van der Waals surface area contributed by atoms with Crippen molar-refractivity contribution in [3.63, 3.8) is 0 Å². The Hall–Kier alpha value is -2.19. The zero-order chi connectivity index (χ0) is 19.0. The molecule has 0 radical (unpaired) electrons. The Labute approximate surface area is 164 Å². The van der Waals surface area contributed by atoms with E-state index in [2.05, 4.69) is 15.3 Å². The fraction of sp³-hybridized carbons (Fsp3) is 0.316. The minimum atomic E-state index is -0.342. The van der Waals surface area contributed by atoms with Crippen LogP contribution in [-0.2, 0) is 4.74 Å². The van der Waals surface area contributed by atoms with Crippen LogP contribution in [0.15, 0.2) is 29.4 Å². The van der Waals surface area contributed by atoms with Crippen molar-refractivity contribution in [1.82, 2.24) is 9.97 Å². The van der Waals surface area contributed by atoms with Crippen LogP contribution in [0.3, 0.4) is 0 Å². The number of carbonyl (C=O) groups excluding carboxylic acids is 1. The number of hydrogen-bond donors (Lipinski definition) is 1. The molecule has 1 unspecified atom stereocenters. The van der Waals surface area contributed by atoms with Crippen LogP contribution >= 0.6 is 23.1 Å². The van der Waals surface area contributed by atoms with Gasteiger partial charge in [-0.15, -0.1) is 23.1 Å². The molecule has 0 amide bonds. The van der Waals surface area contributed by atoms with Gasteiger partial charge < -0.3 is 10.1 Å². The molecule has 4 rings (SSSR count). The first-order valence-electron chi connectivity index (χ1n) is 8.68. The van der Waals surface area contributed by atoms with Crippen LogP contribution in [-0.4, -0.2) is 28.3 Å². The monoisotopic (exact) mass is 403 g/mol. The summed E-state index contributed by atoms with van der Waals surface area (Å²) >= 11 is 3.04. The lowest BCUT2D eigenvalue weighted by atomic mass is 10.0. The summed E-state index contributed by atoms with van der Waals surface area (Å²) in [6, 6.07) is 4.86. The molecule has 1 aliphatic rings. The molecule has 1 atom stereocenters. The molecule has 5 nitrogen and oxygen atoms in total. The lowest BCUT2D eigenvalue weighted by molar-refractivity contribution is 0.0531. The second-order valence-corrected chi connectivity index (χ2v) is 8.33. The number of aryl methyl sites for hydroxylation is 1. The first-order chi connectivity index (χ1) is 13.1. The van der Waals surface area contributed by atoms with Gasteiger partial charge in [0, 0.05) is 10.6 Å². The molecule has 1 aliphatic heterocycles. The Kier molecular flexibility index (Phi) is 5.01. The standard InChI is InChI=1S/C19H18FN3O2S2/c1-3-25-19(24)16-10(2)15-17(21-9-22-18(15)27-16)23-13-6-7-26-14-5-4-11(20)8-12(13)14/h4-5,8-9,13H,3,6-7H2,1-2H3,(H,21,22,23). The molecule has 0 spiro atoms. The molecule has 140 valence electrons. The zero-order valence-corrected chi connectivity index (χ0v) is 16.5. The van der Waals surface area contributed by atoms with Gasteiger partial charge in [0.25, 0.3) is 0 Å². The van der Waals surface area contributed by atoms with E-state index in [-0.39, 0.29) is 17.8 Å². The molecular formula is C19H18FN3O2S2. The number of esters is 1.